The molecule has 0 saturated heterocycles. The molecule has 0 bridgehead atoms. The van der Waals surface area contributed by atoms with Gasteiger partial charge < -0.3 is 21.7 Å². The van der Waals surface area contributed by atoms with Gasteiger partial charge in [0.1, 0.15) is 16.7 Å². The highest BCUT2D eigenvalue weighted by Gasteiger charge is 2.36. The summed E-state index contributed by atoms with van der Waals surface area (Å²) >= 11 is 0.737. The van der Waals surface area contributed by atoms with Gasteiger partial charge >= 0.3 is 0 Å². The Hall–Kier alpha value is -3.86. The minimum atomic E-state index is -1.09. The quantitative estimate of drug-likeness (QED) is 0.437. The van der Waals surface area contributed by atoms with Gasteiger partial charge in [0.15, 0.2) is 5.69 Å². The van der Waals surface area contributed by atoms with Gasteiger partial charge in [-0.2, -0.15) is 4.37 Å². The number of benzene rings is 1. The number of pyridine rings is 1. The van der Waals surface area contributed by atoms with Crippen LogP contribution in [0.25, 0.3) is 0 Å². The number of carbonyl (C=O) groups excluding carboxylic acids is 3. The molecule has 1 aliphatic rings. The third kappa shape index (κ3) is 5.46. The van der Waals surface area contributed by atoms with Crippen LogP contribution in [0.2, 0.25) is 0 Å². The number of nitrogens with one attached hydrogen (secondary N) is 1. The first-order valence-corrected chi connectivity index (χ1v) is 11.9. The average molecular weight is 497 g/mol. The lowest BCUT2D eigenvalue weighted by atomic mass is 10.0. The second-order valence-electron chi connectivity index (χ2n) is 8.38. The zero-order chi connectivity index (χ0) is 24.9. The van der Waals surface area contributed by atoms with E-state index in [0.717, 1.165) is 37.2 Å². The van der Waals surface area contributed by atoms with E-state index in [1.54, 1.807) is 24.5 Å². The van der Waals surface area contributed by atoms with E-state index in [9.17, 15) is 18.8 Å². The maximum Gasteiger partial charge on any atom is 0.270 e. The number of nitrogen functional groups attached to an aromatic ring is 1. The molecular weight excluding hydrogens is 471 g/mol. The first-order valence-electron chi connectivity index (χ1n) is 11.2. The third-order valence-corrected chi connectivity index (χ3v) is 6.79. The summed E-state index contributed by atoms with van der Waals surface area (Å²) < 4.78 is 17.7. The van der Waals surface area contributed by atoms with E-state index in [1.165, 1.54) is 29.2 Å². The van der Waals surface area contributed by atoms with E-state index >= 15 is 0 Å². The molecule has 182 valence electrons. The fourth-order valence-electron chi connectivity index (χ4n) is 4.20. The van der Waals surface area contributed by atoms with Crippen LogP contribution in [0.5, 0.6) is 0 Å². The molecule has 35 heavy (non-hydrogen) atoms. The number of anilines is 1. The number of halogens is 1. The lowest BCUT2D eigenvalue weighted by Crippen LogP contribution is -2.45. The van der Waals surface area contributed by atoms with Crippen molar-refractivity contribution in [1.82, 2.24) is 19.6 Å². The summed E-state index contributed by atoms with van der Waals surface area (Å²) in [6.45, 7) is 0.00997. The zero-order valence-electron chi connectivity index (χ0n) is 18.8. The van der Waals surface area contributed by atoms with Crippen molar-refractivity contribution in [2.24, 2.45) is 5.73 Å². The summed E-state index contributed by atoms with van der Waals surface area (Å²) in [7, 11) is 0. The summed E-state index contributed by atoms with van der Waals surface area (Å²) in [6.07, 6.45) is 6.90. The smallest absolute Gasteiger partial charge is 0.270 e. The second kappa shape index (κ2) is 10.6. The Morgan fingerprint density at radius 1 is 1.17 bits per heavy atom. The Morgan fingerprint density at radius 3 is 2.49 bits per heavy atom. The zero-order valence-corrected chi connectivity index (χ0v) is 19.6. The van der Waals surface area contributed by atoms with Gasteiger partial charge in [-0.3, -0.25) is 19.4 Å². The molecule has 1 aromatic carbocycles. The molecule has 0 spiro atoms. The van der Waals surface area contributed by atoms with Crippen LogP contribution in [0.1, 0.15) is 63.0 Å². The van der Waals surface area contributed by atoms with Crippen molar-refractivity contribution in [3.8, 4) is 0 Å². The Morgan fingerprint density at radius 2 is 1.89 bits per heavy atom. The molecule has 0 unspecified atom stereocenters. The molecule has 0 radical (unpaired) electrons. The van der Waals surface area contributed by atoms with Crippen LogP contribution in [-0.4, -0.2) is 38.0 Å². The number of nitrogens with two attached hydrogens (primary N) is 2. The number of primary amides is 1. The fraction of sp³-hybridized carbons (Fsp3) is 0.292. The van der Waals surface area contributed by atoms with E-state index in [-0.39, 0.29) is 34.8 Å². The van der Waals surface area contributed by atoms with E-state index in [4.69, 9.17) is 11.5 Å². The highest BCUT2D eigenvalue weighted by molar-refractivity contribution is 7.09. The standard InChI is InChI=1S/C24H25FN6O3S/c25-16-9-7-15(8-10-16)20(23(33)29-17-5-1-2-6-17)31(13-14-4-3-11-28-12-14)24(34)21-18(26)19(22(27)32)30-35-21/h3-4,7-12,17,20H,1-2,5-6,13,26H2,(H2,27,32)(H,29,33)/t20-/m0/s1. The van der Waals surface area contributed by atoms with Crippen LogP contribution in [0, 0.1) is 5.82 Å². The number of aromatic nitrogens is 2. The molecule has 2 heterocycles. The molecule has 1 aliphatic carbocycles. The number of hydrogen-bond acceptors (Lipinski definition) is 7. The van der Waals surface area contributed by atoms with Crippen LogP contribution in [0.3, 0.4) is 0 Å². The normalized spacial score (nSPS) is 14.4. The number of amides is 3. The van der Waals surface area contributed by atoms with Crippen LogP contribution in [0.4, 0.5) is 10.1 Å². The predicted molar refractivity (Wildman–Crippen MR) is 129 cm³/mol. The van der Waals surface area contributed by atoms with Gasteiger partial charge in [0.25, 0.3) is 11.8 Å². The molecule has 1 fully saturated rings. The molecular formula is C24H25FN6O3S. The van der Waals surface area contributed by atoms with E-state index in [1.807, 2.05) is 0 Å². The van der Waals surface area contributed by atoms with Gasteiger partial charge in [0, 0.05) is 25.0 Å². The molecule has 1 saturated carbocycles. The van der Waals surface area contributed by atoms with E-state index < -0.39 is 23.7 Å². The van der Waals surface area contributed by atoms with Crippen molar-refractivity contribution >= 4 is 34.9 Å². The Bertz CT molecular complexity index is 1210. The summed E-state index contributed by atoms with van der Waals surface area (Å²) in [6, 6.07) is 7.82. The van der Waals surface area contributed by atoms with Gasteiger partial charge in [-0.15, -0.1) is 0 Å². The summed E-state index contributed by atoms with van der Waals surface area (Å²) in [5.41, 5.74) is 12.1. The molecule has 3 aromatic rings. The number of nitrogens with zero attached hydrogens (tertiary/aromatic N) is 3. The molecule has 1 atom stereocenters. The maximum absolute atomic E-state index is 13.8. The van der Waals surface area contributed by atoms with Gasteiger partial charge in [0.2, 0.25) is 5.91 Å². The van der Waals surface area contributed by atoms with Crippen molar-refractivity contribution in [3.05, 3.63) is 76.3 Å². The van der Waals surface area contributed by atoms with Crippen molar-refractivity contribution in [2.75, 3.05) is 5.73 Å². The lowest BCUT2D eigenvalue weighted by Gasteiger charge is -2.32. The van der Waals surface area contributed by atoms with Crippen LogP contribution in [0.15, 0.2) is 48.8 Å². The maximum atomic E-state index is 13.8. The number of hydrogen-bond donors (Lipinski definition) is 3. The fourth-order valence-corrected chi connectivity index (χ4v) is 4.96. The predicted octanol–water partition coefficient (Wildman–Crippen LogP) is 2.80. The van der Waals surface area contributed by atoms with Crippen LogP contribution < -0.4 is 16.8 Å². The third-order valence-electron chi connectivity index (χ3n) is 5.94. The van der Waals surface area contributed by atoms with Crippen molar-refractivity contribution < 1.29 is 18.8 Å². The van der Waals surface area contributed by atoms with Gasteiger partial charge in [-0.1, -0.05) is 31.0 Å². The van der Waals surface area contributed by atoms with Crippen LogP contribution in [-0.2, 0) is 11.3 Å². The monoisotopic (exact) mass is 496 g/mol. The highest BCUT2D eigenvalue weighted by Crippen LogP contribution is 2.31. The summed E-state index contributed by atoms with van der Waals surface area (Å²) in [5.74, 6) is -2.32. The molecule has 4 rings (SSSR count). The van der Waals surface area contributed by atoms with Crippen molar-refractivity contribution in [1.29, 1.82) is 0 Å². The molecule has 9 nitrogen and oxygen atoms in total. The topological polar surface area (TPSA) is 144 Å². The molecule has 0 aliphatic heterocycles. The molecule has 2 aromatic heterocycles. The largest absolute Gasteiger partial charge is 0.395 e. The van der Waals surface area contributed by atoms with Gasteiger partial charge in [-0.25, -0.2) is 4.39 Å². The summed E-state index contributed by atoms with van der Waals surface area (Å²) in [4.78, 5) is 44.5. The Kier molecular flexibility index (Phi) is 7.35. The SMILES string of the molecule is NC(=O)c1nsc(C(=O)N(Cc2cccnc2)[C@H](C(=O)NC2CCCC2)c2ccc(F)cc2)c1N. The van der Waals surface area contributed by atoms with Gasteiger partial charge in [0.05, 0.1) is 5.69 Å². The molecule has 5 N–H and O–H groups in total. The second-order valence-corrected chi connectivity index (χ2v) is 9.15. The van der Waals surface area contributed by atoms with Crippen LogP contribution >= 0.6 is 11.5 Å². The lowest BCUT2D eigenvalue weighted by molar-refractivity contribution is -0.126. The Labute approximate surface area is 205 Å². The van der Waals surface area contributed by atoms with Crippen molar-refractivity contribution in [2.45, 2.75) is 44.3 Å². The minimum Gasteiger partial charge on any atom is -0.395 e. The first-order chi connectivity index (χ1) is 16.8. The van der Waals surface area contributed by atoms with E-state index in [0.29, 0.717) is 11.1 Å². The van der Waals surface area contributed by atoms with Gasteiger partial charge in [-0.05, 0) is 53.7 Å². The minimum absolute atomic E-state index is 0.00395. The number of carbonyl (C=O) groups is 3. The summed E-state index contributed by atoms with van der Waals surface area (Å²) in [5, 5.41) is 3.04. The van der Waals surface area contributed by atoms with Crippen molar-refractivity contribution in [3.63, 3.8) is 0 Å². The Balaban J connectivity index is 1.78. The number of rotatable bonds is 8. The first kappa shape index (κ1) is 24.3. The highest BCUT2D eigenvalue weighted by atomic mass is 32.1. The molecule has 11 heteroatoms. The van der Waals surface area contributed by atoms with E-state index in [2.05, 4.69) is 14.7 Å². The molecule has 3 amide bonds. The average Bonchev–Trinajstić information content (AvgIpc) is 3.49.